The Kier molecular flexibility index (Phi) is 29.9. The van der Waals surface area contributed by atoms with Crippen LogP contribution >= 0.6 is 0 Å². The second-order valence-corrected chi connectivity index (χ2v) is 19.3. The van der Waals surface area contributed by atoms with Crippen LogP contribution in [0.2, 0.25) is 0 Å². The number of ether oxygens (including phenoxy) is 13. The van der Waals surface area contributed by atoms with Crippen molar-refractivity contribution in [2.75, 3.05) is 52.7 Å². The van der Waals surface area contributed by atoms with Crippen LogP contribution in [0.1, 0.15) is 113 Å². The van der Waals surface area contributed by atoms with E-state index in [-0.39, 0.29) is 52.5 Å². The Morgan fingerprint density at radius 3 is 1.54 bits per heavy atom. The Morgan fingerprint density at radius 1 is 0.543 bits per heavy atom. The maximum absolute atomic E-state index is 13.5. The van der Waals surface area contributed by atoms with Gasteiger partial charge < -0.3 is 82.8 Å². The van der Waals surface area contributed by atoms with Crippen molar-refractivity contribution in [1.82, 2.24) is 21.3 Å². The molecule has 0 aromatic heterocycles. The molecule has 0 aliphatic carbocycles. The van der Waals surface area contributed by atoms with Crippen LogP contribution in [0.4, 0.5) is 9.59 Å². The third-order valence-corrected chi connectivity index (χ3v) is 11.8. The molecule has 4 N–H and O–H groups in total. The number of carbonyl (C=O) groups excluding carboxylic acids is 11. The van der Waals surface area contributed by atoms with Gasteiger partial charge in [0.05, 0.1) is 6.61 Å². The van der Waals surface area contributed by atoms with Crippen LogP contribution in [0, 0.1) is 5.41 Å². The number of carbonyl (C=O) groups is 11. The SMILES string of the molecule is CC(=O)NC1C(OC(C)=O)[C@@H](OC(C)=O)C(COC(C)=O)O[C@H]1OCCCCCNC(=O)OCC(C)(COC(=O)NCCCCCO[C@@H]1OCC(OC(C)=O)C[C@H](OC(C)=O)C(OC(C)=O)C1NC(C)=O)C(=O)OCc1ccccc1. The van der Waals surface area contributed by atoms with E-state index in [1.807, 2.05) is 0 Å². The molecule has 0 bridgehead atoms. The van der Waals surface area contributed by atoms with E-state index in [4.69, 9.17) is 61.6 Å². The Labute approximate surface area is 469 Å². The number of hydrogen-bond donors (Lipinski definition) is 4. The van der Waals surface area contributed by atoms with E-state index in [2.05, 4.69) is 21.3 Å². The molecule has 81 heavy (non-hydrogen) atoms. The van der Waals surface area contributed by atoms with E-state index in [0.717, 1.165) is 27.7 Å². The highest BCUT2D eigenvalue weighted by Crippen LogP contribution is 2.29. The highest BCUT2D eigenvalue weighted by molar-refractivity contribution is 5.78. The van der Waals surface area contributed by atoms with Gasteiger partial charge in [-0.25, -0.2) is 9.59 Å². The van der Waals surface area contributed by atoms with Crippen molar-refractivity contribution in [1.29, 1.82) is 0 Å². The van der Waals surface area contributed by atoms with Crippen molar-refractivity contribution in [2.24, 2.45) is 5.41 Å². The molecule has 7 unspecified atom stereocenters. The van der Waals surface area contributed by atoms with E-state index < -0.39 is 146 Å². The standard InChI is InChI=1S/C53H78N4O24/c1-31(58)56-43-45(78-36(6)63)41(77-35(5)62)25-40(76-34(4)61)27-72-48(43)69-23-17-11-15-21-54-51(67)74-29-53(9,50(66)73-26-39-19-13-10-14-20-39)30-75-52(68)55-22-16-12-18-24-70-49-44(57-32(2)59)47(80-38(8)65)46(79-37(7)64)42(81-49)28-71-33(3)60/h10,13-14,19-20,40-49H,11-12,15-18,21-30H2,1-9H3,(H,54,67)(H,55,68)(H,56,58)(H,57,59)/t40?,41-,42?,43?,44?,45?,46-,47?,48+,49+,53?/m0/s1. The molecule has 2 heterocycles. The zero-order valence-electron chi connectivity index (χ0n) is 47.3. The number of rotatable bonds is 30. The molecule has 2 fully saturated rings. The van der Waals surface area contributed by atoms with Crippen molar-refractivity contribution in [3.8, 4) is 0 Å². The number of benzene rings is 1. The van der Waals surface area contributed by atoms with Crippen LogP contribution in [-0.2, 0) is 111 Å². The average Bonchev–Trinajstić information content (AvgIpc) is 3.50. The second-order valence-electron chi connectivity index (χ2n) is 19.3. The first kappa shape index (κ1) is 68.1. The lowest BCUT2D eigenvalue weighted by atomic mass is 9.93. The first-order valence-electron chi connectivity index (χ1n) is 26.4. The highest BCUT2D eigenvalue weighted by Gasteiger charge is 2.51. The van der Waals surface area contributed by atoms with E-state index in [1.54, 1.807) is 30.3 Å². The molecule has 1 aromatic carbocycles. The molecule has 2 saturated heterocycles. The monoisotopic (exact) mass is 1150 g/mol. The van der Waals surface area contributed by atoms with Gasteiger partial charge in [0.15, 0.2) is 30.9 Å². The normalized spacial score (nSPS) is 23.1. The van der Waals surface area contributed by atoms with Crippen molar-refractivity contribution in [3.05, 3.63) is 35.9 Å². The summed E-state index contributed by atoms with van der Waals surface area (Å²) in [6.07, 6.45) is -8.76. The maximum Gasteiger partial charge on any atom is 0.407 e. The lowest BCUT2D eigenvalue weighted by Crippen LogP contribution is -2.66. The summed E-state index contributed by atoms with van der Waals surface area (Å²) in [5.74, 6) is -6.12. The van der Waals surface area contributed by atoms with Gasteiger partial charge in [0.25, 0.3) is 0 Å². The van der Waals surface area contributed by atoms with Crippen LogP contribution in [0.15, 0.2) is 30.3 Å². The zero-order valence-corrected chi connectivity index (χ0v) is 47.3. The second kappa shape index (κ2) is 35.5. The van der Waals surface area contributed by atoms with Gasteiger partial charge in [0.2, 0.25) is 11.8 Å². The van der Waals surface area contributed by atoms with Crippen LogP contribution in [-0.4, -0.2) is 180 Å². The average molecular weight is 1160 g/mol. The van der Waals surface area contributed by atoms with Gasteiger partial charge >= 0.3 is 54.0 Å². The van der Waals surface area contributed by atoms with Crippen molar-refractivity contribution in [2.45, 2.75) is 175 Å². The summed E-state index contributed by atoms with van der Waals surface area (Å²) in [5, 5.41) is 10.5. The molecule has 4 amide bonds. The Morgan fingerprint density at radius 2 is 1.04 bits per heavy atom. The molecular weight excluding hydrogens is 1080 g/mol. The third-order valence-electron chi connectivity index (χ3n) is 11.8. The minimum absolute atomic E-state index is 0.0474. The van der Waals surface area contributed by atoms with Gasteiger partial charge in [-0.3, -0.25) is 43.2 Å². The quantitative estimate of drug-likeness (QED) is 0.0487. The van der Waals surface area contributed by atoms with E-state index in [9.17, 15) is 52.7 Å². The molecule has 0 radical (unpaired) electrons. The van der Waals surface area contributed by atoms with Gasteiger partial charge in [0, 0.05) is 88.1 Å². The molecule has 11 atom stereocenters. The Hall–Kier alpha value is -7.17. The van der Waals surface area contributed by atoms with E-state index >= 15 is 0 Å². The molecule has 0 saturated carbocycles. The molecule has 1 aromatic rings. The largest absolute Gasteiger partial charge is 0.463 e. The van der Waals surface area contributed by atoms with Crippen LogP contribution in [0.25, 0.3) is 0 Å². The zero-order chi connectivity index (χ0) is 60.1. The Bertz CT molecular complexity index is 2250. The summed E-state index contributed by atoms with van der Waals surface area (Å²) in [4.78, 5) is 136. The predicted octanol–water partition coefficient (Wildman–Crippen LogP) is 2.26. The third kappa shape index (κ3) is 26.3. The summed E-state index contributed by atoms with van der Waals surface area (Å²) in [5.41, 5.74) is -0.975. The van der Waals surface area contributed by atoms with Crippen LogP contribution in [0.5, 0.6) is 0 Å². The summed E-state index contributed by atoms with van der Waals surface area (Å²) >= 11 is 0. The highest BCUT2D eigenvalue weighted by atomic mass is 16.7. The Balaban J connectivity index is 1.53. The smallest absolute Gasteiger partial charge is 0.407 e. The number of nitrogens with one attached hydrogen (secondary N) is 4. The van der Waals surface area contributed by atoms with Gasteiger partial charge in [-0.2, -0.15) is 0 Å². The van der Waals surface area contributed by atoms with Gasteiger partial charge in [-0.05, 0) is 51.0 Å². The van der Waals surface area contributed by atoms with Gasteiger partial charge in [-0.15, -0.1) is 0 Å². The summed E-state index contributed by atoms with van der Waals surface area (Å²) in [6.45, 7) is 9.33. The fraction of sp³-hybridized carbons (Fsp3) is 0.679. The topological polar surface area (TPSA) is 356 Å². The molecule has 3 rings (SSSR count). The first-order valence-corrected chi connectivity index (χ1v) is 26.4. The van der Waals surface area contributed by atoms with E-state index in [0.29, 0.717) is 44.1 Å². The van der Waals surface area contributed by atoms with Crippen molar-refractivity contribution in [3.63, 3.8) is 0 Å². The fourth-order valence-corrected chi connectivity index (χ4v) is 8.31. The summed E-state index contributed by atoms with van der Waals surface area (Å²) in [6, 6.07) is 6.53. The lowest BCUT2D eigenvalue weighted by Gasteiger charge is -2.44. The number of unbranched alkanes of at least 4 members (excludes halogenated alkanes) is 4. The number of hydrogen-bond acceptors (Lipinski definition) is 24. The molecule has 28 nitrogen and oxygen atoms in total. The van der Waals surface area contributed by atoms with Crippen molar-refractivity contribution < 1.29 is 114 Å². The van der Waals surface area contributed by atoms with E-state index in [1.165, 1.54) is 34.6 Å². The number of amides is 4. The molecular formula is C53H78N4O24. The summed E-state index contributed by atoms with van der Waals surface area (Å²) < 4.78 is 72.7. The molecule has 2 aliphatic rings. The minimum Gasteiger partial charge on any atom is -0.463 e. The first-order chi connectivity index (χ1) is 38.4. The minimum atomic E-state index is -1.66. The molecule has 454 valence electrons. The van der Waals surface area contributed by atoms with Crippen LogP contribution < -0.4 is 21.3 Å². The molecule has 28 heteroatoms. The number of alkyl carbamates (subject to hydrolysis) is 2. The summed E-state index contributed by atoms with van der Waals surface area (Å²) in [7, 11) is 0. The predicted molar refractivity (Wildman–Crippen MR) is 275 cm³/mol. The molecule has 0 spiro atoms. The lowest BCUT2D eigenvalue weighted by molar-refractivity contribution is -0.277. The van der Waals surface area contributed by atoms with Crippen molar-refractivity contribution >= 4 is 65.8 Å². The number of esters is 7. The van der Waals surface area contributed by atoms with Crippen LogP contribution in [0.3, 0.4) is 0 Å². The molecule has 2 aliphatic heterocycles. The fourth-order valence-electron chi connectivity index (χ4n) is 8.31. The maximum atomic E-state index is 13.5. The van der Waals surface area contributed by atoms with Gasteiger partial charge in [-0.1, -0.05) is 30.3 Å². The van der Waals surface area contributed by atoms with Gasteiger partial charge in [0.1, 0.15) is 62.2 Å².